The summed E-state index contributed by atoms with van der Waals surface area (Å²) in [6.45, 7) is 20.7. The molecule has 0 amide bonds. The molecular formula is C32H40Si. The lowest BCUT2D eigenvalue weighted by molar-refractivity contribution is 0.396. The van der Waals surface area contributed by atoms with Gasteiger partial charge in [-0.25, -0.2) is 0 Å². The average Bonchev–Trinajstić information content (AvgIpc) is 2.69. The monoisotopic (exact) mass is 452 g/mol. The second-order valence-corrected chi connectivity index (χ2v) is 14.7. The molecule has 3 rings (SSSR count). The molecular weight excluding hydrogens is 412 g/mol. The summed E-state index contributed by atoms with van der Waals surface area (Å²) < 4.78 is 0. The number of rotatable bonds is 4. The SMILES string of the molecule is Cc1cc(C)c([Si](C#Cc2ccccc2)(CCC(C)(C)C)c2c(C)cc(C)cc2C)c(C)c1. The zero-order valence-corrected chi connectivity index (χ0v) is 23.1. The Bertz CT molecular complexity index is 1090. The van der Waals surface area contributed by atoms with Crippen molar-refractivity contribution in [2.75, 3.05) is 0 Å². The van der Waals surface area contributed by atoms with Crippen molar-refractivity contribution in [2.45, 2.75) is 74.8 Å². The molecule has 0 nitrogen and oxygen atoms in total. The predicted octanol–water partition coefficient (Wildman–Crippen LogP) is 7.13. The molecule has 0 fully saturated rings. The third kappa shape index (κ3) is 5.68. The first kappa shape index (κ1) is 25.1. The fraction of sp³-hybridized carbons (Fsp3) is 0.375. The smallest absolute Gasteiger partial charge is 0.115 e. The van der Waals surface area contributed by atoms with Crippen LogP contribution in [0.25, 0.3) is 0 Å². The first-order valence-corrected chi connectivity index (χ1v) is 14.4. The van der Waals surface area contributed by atoms with E-state index >= 15 is 0 Å². The van der Waals surface area contributed by atoms with Gasteiger partial charge in [-0.05, 0) is 104 Å². The van der Waals surface area contributed by atoms with E-state index in [1.165, 1.54) is 43.8 Å². The maximum absolute atomic E-state index is 4.05. The Morgan fingerprint density at radius 2 is 1.09 bits per heavy atom. The molecule has 0 atom stereocenters. The zero-order valence-electron chi connectivity index (χ0n) is 22.1. The van der Waals surface area contributed by atoms with Crippen LogP contribution < -0.4 is 10.4 Å². The Labute approximate surface area is 203 Å². The van der Waals surface area contributed by atoms with Crippen molar-refractivity contribution in [3.05, 3.63) is 93.5 Å². The molecule has 0 radical (unpaired) electrons. The van der Waals surface area contributed by atoms with Crippen LogP contribution in [0.2, 0.25) is 6.04 Å². The molecule has 1 heteroatoms. The molecule has 0 aliphatic heterocycles. The van der Waals surface area contributed by atoms with Crippen molar-refractivity contribution in [2.24, 2.45) is 5.41 Å². The van der Waals surface area contributed by atoms with Crippen LogP contribution in [0.1, 0.15) is 66.1 Å². The summed E-state index contributed by atoms with van der Waals surface area (Å²) in [4.78, 5) is 0. The molecule has 0 saturated carbocycles. The minimum absolute atomic E-state index is 0.256. The molecule has 0 bridgehead atoms. The zero-order chi connectivity index (χ0) is 24.4. The Hall–Kier alpha value is -2.56. The van der Waals surface area contributed by atoms with Crippen molar-refractivity contribution in [1.82, 2.24) is 0 Å². The second-order valence-electron chi connectivity index (χ2n) is 11.1. The highest BCUT2D eigenvalue weighted by Crippen LogP contribution is 2.29. The molecule has 3 aromatic carbocycles. The van der Waals surface area contributed by atoms with Crippen LogP contribution in [0.3, 0.4) is 0 Å². The van der Waals surface area contributed by atoms with Crippen molar-refractivity contribution in [3.63, 3.8) is 0 Å². The maximum Gasteiger partial charge on any atom is 0.200 e. The molecule has 33 heavy (non-hydrogen) atoms. The predicted molar refractivity (Wildman–Crippen MR) is 149 cm³/mol. The van der Waals surface area contributed by atoms with Gasteiger partial charge in [0.05, 0.1) is 0 Å². The van der Waals surface area contributed by atoms with Gasteiger partial charge in [-0.1, -0.05) is 80.3 Å². The Morgan fingerprint density at radius 3 is 1.48 bits per heavy atom. The lowest BCUT2D eigenvalue weighted by Gasteiger charge is -2.35. The lowest BCUT2D eigenvalue weighted by Crippen LogP contribution is -2.61. The van der Waals surface area contributed by atoms with E-state index in [0.29, 0.717) is 0 Å². The van der Waals surface area contributed by atoms with Crippen molar-refractivity contribution in [1.29, 1.82) is 0 Å². The summed E-state index contributed by atoms with van der Waals surface area (Å²) in [7, 11) is -2.43. The molecule has 0 heterocycles. The van der Waals surface area contributed by atoms with Gasteiger partial charge in [-0.15, -0.1) is 5.54 Å². The van der Waals surface area contributed by atoms with Gasteiger partial charge in [0.2, 0.25) is 8.07 Å². The highest BCUT2D eigenvalue weighted by molar-refractivity contribution is 7.09. The highest BCUT2D eigenvalue weighted by Gasteiger charge is 2.41. The lowest BCUT2D eigenvalue weighted by atomic mass is 9.94. The van der Waals surface area contributed by atoms with E-state index in [2.05, 4.69) is 128 Å². The standard InChI is InChI=1S/C32H40Si/c1-23-19-25(3)30(26(4)20-23)33(18-16-32(7,8)9,17-15-29-13-11-10-12-14-29)31-27(5)21-24(2)22-28(31)6/h10-14,19-22H,16,18H2,1-9H3. The quantitative estimate of drug-likeness (QED) is 0.292. The van der Waals surface area contributed by atoms with Gasteiger partial charge >= 0.3 is 0 Å². The van der Waals surface area contributed by atoms with Gasteiger partial charge in [-0.3, -0.25) is 0 Å². The molecule has 0 N–H and O–H groups in total. The summed E-state index contributed by atoms with van der Waals surface area (Å²) in [5.41, 5.74) is 13.7. The van der Waals surface area contributed by atoms with Crippen LogP contribution in [0.5, 0.6) is 0 Å². The van der Waals surface area contributed by atoms with Crippen molar-refractivity contribution >= 4 is 18.4 Å². The minimum Gasteiger partial charge on any atom is -0.115 e. The molecule has 0 spiro atoms. The van der Waals surface area contributed by atoms with Gasteiger partial charge < -0.3 is 0 Å². The van der Waals surface area contributed by atoms with Crippen LogP contribution in [-0.4, -0.2) is 8.07 Å². The normalized spacial score (nSPS) is 11.8. The van der Waals surface area contributed by atoms with E-state index in [9.17, 15) is 0 Å². The number of aryl methyl sites for hydroxylation is 6. The molecule has 0 aromatic heterocycles. The topological polar surface area (TPSA) is 0 Å². The highest BCUT2D eigenvalue weighted by atomic mass is 28.3. The van der Waals surface area contributed by atoms with Crippen LogP contribution in [0, 0.1) is 58.4 Å². The van der Waals surface area contributed by atoms with Crippen molar-refractivity contribution < 1.29 is 0 Å². The fourth-order valence-corrected chi connectivity index (χ4v) is 11.1. The first-order chi connectivity index (χ1) is 15.4. The summed E-state index contributed by atoms with van der Waals surface area (Å²) in [5.74, 6) is 3.67. The van der Waals surface area contributed by atoms with Gasteiger partial charge in [0.25, 0.3) is 0 Å². The Morgan fingerprint density at radius 1 is 0.667 bits per heavy atom. The van der Waals surface area contributed by atoms with E-state index < -0.39 is 8.07 Å². The molecule has 3 aromatic rings. The van der Waals surface area contributed by atoms with E-state index in [-0.39, 0.29) is 5.41 Å². The van der Waals surface area contributed by atoms with E-state index in [4.69, 9.17) is 0 Å². The summed E-state index contributed by atoms with van der Waals surface area (Å²) in [6.07, 6.45) is 1.15. The largest absolute Gasteiger partial charge is 0.200 e. The number of hydrogen-bond donors (Lipinski definition) is 0. The Kier molecular flexibility index (Phi) is 7.40. The number of benzene rings is 3. The van der Waals surface area contributed by atoms with E-state index in [0.717, 1.165) is 18.0 Å². The van der Waals surface area contributed by atoms with Crippen LogP contribution >= 0.6 is 0 Å². The van der Waals surface area contributed by atoms with Gasteiger partial charge in [0.1, 0.15) is 0 Å². The molecule has 0 aliphatic carbocycles. The fourth-order valence-electron chi connectivity index (χ4n) is 5.53. The Balaban J connectivity index is 2.44. The molecule has 172 valence electrons. The summed E-state index contributed by atoms with van der Waals surface area (Å²) in [5, 5.41) is 3.05. The van der Waals surface area contributed by atoms with Crippen LogP contribution in [0.4, 0.5) is 0 Å². The van der Waals surface area contributed by atoms with Crippen molar-refractivity contribution in [3.8, 4) is 11.5 Å². The van der Waals surface area contributed by atoms with E-state index in [1.807, 2.05) is 0 Å². The van der Waals surface area contributed by atoms with Gasteiger partial charge in [0, 0.05) is 5.56 Å². The molecule has 0 aliphatic rings. The van der Waals surface area contributed by atoms with Crippen LogP contribution in [0.15, 0.2) is 54.6 Å². The average molecular weight is 453 g/mol. The molecule has 0 saturated heterocycles. The molecule has 0 unspecified atom stereocenters. The van der Waals surface area contributed by atoms with Gasteiger partial charge in [0.15, 0.2) is 0 Å². The third-order valence-electron chi connectivity index (χ3n) is 6.65. The van der Waals surface area contributed by atoms with Gasteiger partial charge in [-0.2, -0.15) is 0 Å². The maximum atomic E-state index is 4.05. The third-order valence-corrected chi connectivity index (χ3v) is 11.5. The summed E-state index contributed by atoms with van der Waals surface area (Å²) >= 11 is 0. The summed E-state index contributed by atoms with van der Waals surface area (Å²) in [6, 6.07) is 21.1. The minimum atomic E-state index is -2.43. The second kappa shape index (κ2) is 9.74. The van der Waals surface area contributed by atoms with Crippen LogP contribution in [-0.2, 0) is 0 Å². The van der Waals surface area contributed by atoms with E-state index in [1.54, 1.807) is 0 Å². The first-order valence-electron chi connectivity index (χ1n) is 12.2. The number of hydrogen-bond acceptors (Lipinski definition) is 0.